The fourth-order valence-electron chi connectivity index (χ4n) is 6.10. The molecule has 13 nitrogen and oxygen atoms in total. The molecule has 0 radical (unpaired) electrons. The van der Waals surface area contributed by atoms with Crippen LogP contribution in [0.1, 0.15) is 60.6 Å². The number of rotatable bonds is 15. The molecule has 0 saturated heterocycles. The van der Waals surface area contributed by atoms with Gasteiger partial charge in [-0.1, -0.05) is 31.2 Å². The molecule has 2 aromatic heterocycles. The molecule has 1 aliphatic rings. The maximum absolute atomic E-state index is 13.7. The molecule has 4 aromatic rings. The van der Waals surface area contributed by atoms with Crippen LogP contribution in [0.3, 0.4) is 0 Å². The van der Waals surface area contributed by atoms with Crippen LogP contribution in [0, 0.1) is 18.8 Å². The summed E-state index contributed by atoms with van der Waals surface area (Å²) in [6.45, 7) is 6.98. The average Bonchev–Trinajstić information content (AvgIpc) is 3.67. The van der Waals surface area contributed by atoms with E-state index in [9.17, 15) is 14.4 Å². The third kappa shape index (κ3) is 9.77. The Labute approximate surface area is 286 Å². The Kier molecular flexibility index (Phi) is 12.5. The van der Waals surface area contributed by atoms with Gasteiger partial charge in [0.2, 0.25) is 17.6 Å². The third-order valence-electron chi connectivity index (χ3n) is 9.05. The van der Waals surface area contributed by atoms with E-state index in [4.69, 9.17) is 5.73 Å². The van der Waals surface area contributed by atoms with Gasteiger partial charge in [0.15, 0.2) is 0 Å². The standard InChI is InChI=1S/C36H46N10O3/c1-3-38-17-4-18-39-35(48)31-19-23(2)30(22-40-31)26-9-5-24(6-10-26)20-32(42-34(47)28-11-7-25(21-37)8-12-28)36(49)41-29-15-13-27(14-16-29)33-43-45-46-44-33/h5-6,9-10,13-16,19,22,25,28,32,38H,3-4,7-8,11-12,17-18,20-21,37H2,1-2H3,(H,39,48)(H,41,49)(H,42,47)(H,43,44,45,46)/t25?,28?,32-/m0/s1. The minimum Gasteiger partial charge on any atom is -0.351 e. The van der Waals surface area contributed by atoms with E-state index in [2.05, 4.69) is 53.8 Å². The van der Waals surface area contributed by atoms with E-state index in [1.807, 2.05) is 31.2 Å². The lowest BCUT2D eigenvalue weighted by molar-refractivity contribution is -0.130. The number of benzene rings is 2. The molecular weight excluding hydrogens is 620 g/mol. The van der Waals surface area contributed by atoms with E-state index in [0.29, 0.717) is 42.6 Å². The van der Waals surface area contributed by atoms with Crippen molar-refractivity contribution in [1.82, 2.24) is 41.6 Å². The van der Waals surface area contributed by atoms with Crippen LogP contribution in [-0.4, -0.2) is 75.6 Å². The van der Waals surface area contributed by atoms with Crippen molar-refractivity contribution in [1.29, 1.82) is 0 Å². The van der Waals surface area contributed by atoms with E-state index in [1.165, 1.54) is 0 Å². The van der Waals surface area contributed by atoms with Crippen molar-refractivity contribution < 1.29 is 14.4 Å². The molecule has 0 aliphatic heterocycles. The lowest BCUT2D eigenvalue weighted by Gasteiger charge is -2.28. The van der Waals surface area contributed by atoms with Gasteiger partial charge in [0.05, 0.1) is 0 Å². The second-order valence-corrected chi connectivity index (χ2v) is 12.6. The first kappa shape index (κ1) is 35.3. The molecule has 258 valence electrons. The summed E-state index contributed by atoms with van der Waals surface area (Å²) >= 11 is 0. The zero-order valence-corrected chi connectivity index (χ0v) is 28.2. The zero-order valence-electron chi connectivity index (χ0n) is 28.2. The first-order valence-corrected chi connectivity index (χ1v) is 17.0. The predicted octanol–water partition coefficient (Wildman–Crippen LogP) is 3.40. The lowest BCUT2D eigenvalue weighted by Crippen LogP contribution is -2.48. The van der Waals surface area contributed by atoms with Crippen LogP contribution >= 0.6 is 0 Å². The number of H-pyrrole nitrogens is 1. The van der Waals surface area contributed by atoms with Gasteiger partial charge in [0, 0.05) is 41.9 Å². The van der Waals surface area contributed by atoms with Gasteiger partial charge in [-0.25, -0.2) is 0 Å². The summed E-state index contributed by atoms with van der Waals surface area (Å²) in [7, 11) is 0. The SMILES string of the molecule is CCNCCCNC(=O)c1cc(C)c(-c2ccc(C[C@H](NC(=O)C3CCC(CN)CC3)C(=O)Nc3ccc(-c4nn[nH]n4)cc3)cc2)cn1. The fraction of sp³-hybridized carbons (Fsp3) is 0.417. The molecule has 49 heavy (non-hydrogen) atoms. The van der Waals surface area contributed by atoms with Crippen LogP contribution in [0.4, 0.5) is 5.69 Å². The molecular formula is C36H46N10O3. The fourth-order valence-corrected chi connectivity index (χ4v) is 6.10. The number of carbonyl (C=O) groups is 3. The number of nitrogens with two attached hydrogens (primary N) is 1. The summed E-state index contributed by atoms with van der Waals surface area (Å²) < 4.78 is 0. The predicted molar refractivity (Wildman–Crippen MR) is 188 cm³/mol. The van der Waals surface area contributed by atoms with Gasteiger partial charge in [0.1, 0.15) is 11.7 Å². The number of aromatic amines is 1. The number of pyridine rings is 1. The number of nitrogens with one attached hydrogen (secondary N) is 5. The van der Waals surface area contributed by atoms with Gasteiger partial charge < -0.3 is 27.0 Å². The number of anilines is 1. The molecule has 7 N–H and O–H groups in total. The van der Waals surface area contributed by atoms with Gasteiger partial charge in [0.25, 0.3) is 5.91 Å². The highest BCUT2D eigenvalue weighted by Gasteiger charge is 2.29. The smallest absolute Gasteiger partial charge is 0.269 e. The van der Waals surface area contributed by atoms with Gasteiger partial charge in [-0.05, 0) is 117 Å². The Morgan fingerprint density at radius 3 is 2.37 bits per heavy atom. The maximum atomic E-state index is 13.7. The lowest BCUT2D eigenvalue weighted by atomic mass is 9.81. The minimum atomic E-state index is -0.790. The highest BCUT2D eigenvalue weighted by molar-refractivity contribution is 5.98. The Morgan fingerprint density at radius 1 is 0.980 bits per heavy atom. The van der Waals surface area contributed by atoms with E-state index < -0.39 is 6.04 Å². The molecule has 5 rings (SSSR count). The molecule has 1 fully saturated rings. The van der Waals surface area contributed by atoms with Gasteiger partial charge in [-0.3, -0.25) is 19.4 Å². The molecule has 13 heteroatoms. The molecule has 2 heterocycles. The molecule has 0 bridgehead atoms. The van der Waals surface area contributed by atoms with Crippen molar-refractivity contribution in [3.8, 4) is 22.5 Å². The number of aromatic nitrogens is 5. The number of amides is 3. The Balaban J connectivity index is 1.26. The Morgan fingerprint density at radius 2 is 1.71 bits per heavy atom. The van der Waals surface area contributed by atoms with Crippen LogP contribution < -0.4 is 27.0 Å². The van der Waals surface area contributed by atoms with Crippen molar-refractivity contribution in [2.45, 2.75) is 58.4 Å². The number of nitrogens with zero attached hydrogens (tertiary/aromatic N) is 4. The zero-order chi connectivity index (χ0) is 34.6. The van der Waals surface area contributed by atoms with Crippen LogP contribution in [0.5, 0.6) is 0 Å². The Hall–Kier alpha value is -5.01. The number of tetrazole rings is 1. The van der Waals surface area contributed by atoms with Crippen LogP contribution in [-0.2, 0) is 16.0 Å². The monoisotopic (exact) mass is 666 g/mol. The summed E-state index contributed by atoms with van der Waals surface area (Å²) in [6, 6.07) is 16.0. The van der Waals surface area contributed by atoms with Crippen molar-refractivity contribution >= 4 is 23.4 Å². The number of hydrogen-bond donors (Lipinski definition) is 6. The average molecular weight is 667 g/mol. The largest absolute Gasteiger partial charge is 0.351 e. The van der Waals surface area contributed by atoms with E-state index in [0.717, 1.165) is 73.0 Å². The summed E-state index contributed by atoms with van der Waals surface area (Å²) in [5, 5.41) is 26.2. The highest BCUT2D eigenvalue weighted by Crippen LogP contribution is 2.29. The molecule has 1 atom stereocenters. The first-order valence-electron chi connectivity index (χ1n) is 17.0. The molecule has 1 aliphatic carbocycles. The molecule has 2 aromatic carbocycles. The van der Waals surface area contributed by atoms with E-state index >= 15 is 0 Å². The molecule has 1 saturated carbocycles. The quantitative estimate of drug-likeness (QED) is 0.103. The van der Waals surface area contributed by atoms with E-state index in [1.54, 1.807) is 36.5 Å². The van der Waals surface area contributed by atoms with E-state index in [-0.39, 0.29) is 23.6 Å². The molecule has 3 amide bonds. The van der Waals surface area contributed by atoms with Crippen molar-refractivity contribution in [3.05, 3.63) is 77.6 Å². The Bertz CT molecular complexity index is 1670. The van der Waals surface area contributed by atoms with Crippen molar-refractivity contribution in [3.63, 3.8) is 0 Å². The van der Waals surface area contributed by atoms with Gasteiger partial charge in [-0.2, -0.15) is 5.21 Å². The second kappa shape index (κ2) is 17.4. The summed E-state index contributed by atoms with van der Waals surface area (Å²) in [4.78, 5) is 44.1. The molecule has 0 spiro atoms. The number of carbonyl (C=O) groups excluding carboxylic acids is 3. The van der Waals surface area contributed by atoms with Crippen LogP contribution in [0.15, 0.2) is 60.8 Å². The third-order valence-corrected chi connectivity index (χ3v) is 9.05. The topological polar surface area (TPSA) is 193 Å². The minimum absolute atomic E-state index is 0.108. The van der Waals surface area contributed by atoms with Crippen molar-refractivity contribution in [2.75, 3.05) is 31.5 Å². The second-order valence-electron chi connectivity index (χ2n) is 12.6. The summed E-state index contributed by atoms with van der Waals surface area (Å²) in [5.41, 5.74) is 11.3. The normalized spacial score (nSPS) is 16.5. The maximum Gasteiger partial charge on any atom is 0.269 e. The first-order chi connectivity index (χ1) is 23.8. The number of hydrogen-bond acceptors (Lipinski definition) is 9. The van der Waals surface area contributed by atoms with Gasteiger partial charge >= 0.3 is 0 Å². The summed E-state index contributed by atoms with van der Waals surface area (Å²) in [6.07, 6.45) is 6.23. The highest BCUT2D eigenvalue weighted by atomic mass is 16.2. The molecule has 0 unspecified atom stereocenters. The van der Waals surface area contributed by atoms with Crippen LogP contribution in [0.2, 0.25) is 0 Å². The number of aryl methyl sites for hydroxylation is 1. The van der Waals surface area contributed by atoms with Crippen LogP contribution in [0.25, 0.3) is 22.5 Å². The van der Waals surface area contributed by atoms with Crippen molar-refractivity contribution in [2.24, 2.45) is 17.6 Å². The summed E-state index contributed by atoms with van der Waals surface area (Å²) in [5.74, 6) is 0.146. The van der Waals surface area contributed by atoms with Gasteiger partial charge in [-0.15, -0.1) is 10.2 Å².